The highest BCUT2D eigenvalue weighted by atomic mass is 16.4. The van der Waals surface area contributed by atoms with Gasteiger partial charge < -0.3 is 25.0 Å². The summed E-state index contributed by atoms with van der Waals surface area (Å²) in [5, 5.41) is 13.0. The van der Waals surface area contributed by atoms with Gasteiger partial charge in [-0.2, -0.15) is 0 Å². The molecule has 1 aliphatic heterocycles. The van der Waals surface area contributed by atoms with Crippen molar-refractivity contribution in [1.29, 1.82) is 0 Å². The number of aliphatic carboxylic acids is 1. The molecule has 0 spiro atoms. The number of carbonyl (C=O) groups is 3. The molecule has 7 heteroatoms. The van der Waals surface area contributed by atoms with Crippen LogP contribution in [-0.4, -0.2) is 48.9 Å². The van der Waals surface area contributed by atoms with Gasteiger partial charge in [-0.15, -0.1) is 0 Å². The molecule has 0 saturated carbocycles. The fourth-order valence-electron chi connectivity index (χ4n) is 3.50. The molecule has 31 heavy (non-hydrogen) atoms. The van der Waals surface area contributed by atoms with E-state index in [2.05, 4.69) is 48.3 Å². The van der Waals surface area contributed by atoms with Gasteiger partial charge in [0.05, 0.1) is 17.2 Å². The zero-order chi connectivity index (χ0) is 22.4. The number of carboxylic acid groups (broad SMARTS) is 1. The predicted molar refractivity (Wildman–Crippen MR) is 118 cm³/mol. The van der Waals surface area contributed by atoms with E-state index >= 15 is 0 Å². The summed E-state index contributed by atoms with van der Waals surface area (Å²) in [5.41, 5.74) is 3.15. The number of piperazine rings is 1. The van der Waals surface area contributed by atoms with Crippen molar-refractivity contribution in [3.05, 3.63) is 71.8 Å². The number of carboxylic acids is 1. The highest BCUT2D eigenvalue weighted by molar-refractivity contribution is 6.07. The van der Waals surface area contributed by atoms with Gasteiger partial charge in [0.2, 0.25) is 5.91 Å². The molecular weight excluding hydrogens is 394 g/mol. The fourth-order valence-corrected chi connectivity index (χ4v) is 3.50. The van der Waals surface area contributed by atoms with Crippen LogP contribution in [-0.2, 0) is 9.59 Å². The Labute approximate surface area is 182 Å². The molecule has 162 valence electrons. The maximum atomic E-state index is 13.1. The molecule has 1 N–H and O–H groups in total. The first kappa shape index (κ1) is 22.1. The van der Waals surface area contributed by atoms with Gasteiger partial charge in [0, 0.05) is 37.9 Å². The Morgan fingerprint density at radius 2 is 1.58 bits per heavy atom. The van der Waals surface area contributed by atoms with Crippen molar-refractivity contribution in [2.75, 3.05) is 36.4 Å². The Balaban J connectivity index is 1.64. The Hall–Kier alpha value is -3.61. The van der Waals surface area contributed by atoms with Crippen LogP contribution in [0.1, 0.15) is 35.7 Å². The molecule has 0 bridgehead atoms. The second-order valence-corrected chi connectivity index (χ2v) is 7.71. The number of nitrogens with zero attached hydrogens (tertiary/aromatic N) is 2. The maximum Gasteiger partial charge on any atom is 0.256 e. The Morgan fingerprint density at radius 3 is 2.19 bits per heavy atom. The van der Waals surface area contributed by atoms with Crippen LogP contribution < -0.4 is 15.3 Å². The van der Waals surface area contributed by atoms with Crippen LogP contribution in [0.25, 0.3) is 0 Å². The number of nitrogens with one attached hydrogen (secondary N) is 1. The van der Waals surface area contributed by atoms with E-state index in [0.29, 0.717) is 36.3 Å². The predicted octanol–water partition coefficient (Wildman–Crippen LogP) is 2.02. The highest BCUT2D eigenvalue weighted by Crippen LogP contribution is 2.23. The largest absolute Gasteiger partial charge is 0.545 e. The Bertz CT molecular complexity index is 975. The summed E-state index contributed by atoms with van der Waals surface area (Å²) in [6.45, 7) is 6.90. The van der Waals surface area contributed by atoms with Gasteiger partial charge in [0.1, 0.15) is 0 Å². The van der Waals surface area contributed by atoms with Crippen molar-refractivity contribution in [3.8, 4) is 0 Å². The van der Waals surface area contributed by atoms with E-state index in [1.54, 1.807) is 29.2 Å². The summed E-state index contributed by atoms with van der Waals surface area (Å²) in [4.78, 5) is 39.5. The standard InChI is InChI=1S/C24H27N3O4/c1-17(2)18-7-9-19(10-8-18)26-13-15-27(16-14-26)24(31)20-5-3-4-6-21(20)25-22(28)11-12-23(29)30/h3-12,17H,13-16H2,1-2H3,(H,25,28)(H,29,30)/p-1/b12-11+. The van der Waals surface area contributed by atoms with Gasteiger partial charge in [-0.3, -0.25) is 9.59 Å². The third kappa shape index (κ3) is 5.72. The topological polar surface area (TPSA) is 92.8 Å². The molecule has 0 atom stereocenters. The minimum atomic E-state index is -1.46. The Morgan fingerprint density at radius 1 is 0.935 bits per heavy atom. The van der Waals surface area contributed by atoms with Crippen molar-refractivity contribution < 1.29 is 19.5 Å². The molecule has 3 rings (SSSR count). The summed E-state index contributed by atoms with van der Waals surface area (Å²) < 4.78 is 0. The SMILES string of the molecule is CC(C)c1ccc(N2CCN(C(=O)c3ccccc3NC(=O)/C=C/C(=O)[O-])CC2)cc1. The van der Waals surface area contributed by atoms with Gasteiger partial charge >= 0.3 is 0 Å². The van der Waals surface area contributed by atoms with Crippen molar-refractivity contribution in [3.63, 3.8) is 0 Å². The Kier molecular flexibility index (Phi) is 7.07. The van der Waals surface area contributed by atoms with Gasteiger partial charge in [0.25, 0.3) is 5.91 Å². The van der Waals surface area contributed by atoms with Crippen molar-refractivity contribution >= 4 is 29.2 Å². The summed E-state index contributed by atoms with van der Waals surface area (Å²) in [7, 11) is 0. The van der Waals surface area contributed by atoms with E-state index < -0.39 is 11.9 Å². The van der Waals surface area contributed by atoms with Crippen LogP contribution in [0.3, 0.4) is 0 Å². The molecule has 0 radical (unpaired) electrons. The lowest BCUT2D eigenvalue weighted by Gasteiger charge is -2.36. The lowest BCUT2D eigenvalue weighted by Crippen LogP contribution is -2.49. The number of anilines is 2. The molecule has 0 aromatic heterocycles. The summed E-state index contributed by atoms with van der Waals surface area (Å²) in [6, 6.07) is 15.2. The summed E-state index contributed by atoms with van der Waals surface area (Å²) >= 11 is 0. The van der Waals surface area contributed by atoms with Gasteiger partial charge in [-0.1, -0.05) is 38.1 Å². The van der Waals surface area contributed by atoms with Crippen LogP contribution in [0.2, 0.25) is 0 Å². The number of hydrogen-bond acceptors (Lipinski definition) is 5. The second kappa shape index (κ2) is 9.93. The van der Waals surface area contributed by atoms with Gasteiger partial charge in [0.15, 0.2) is 0 Å². The number of hydrogen-bond donors (Lipinski definition) is 1. The summed E-state index contributed by atoms with van der Waals surface area (Å²) in [6.07, 6.45) is 1.51. The maximum absolute atomic E-state index is 13.1. The average Bonchev–Trinajstić information content (AvgIpc) is 2.78. The minimum Gasteiger partial charge on any atom is -0.545 e. The van der Waals surface area contributed by atoms with Crippen molar-refractivity contribution in [2.45, 2.75) is 19.8 Å². The number of rotatable bonds is 6. The molecule has 0 aliphatic carbocycles. The molecule has 0 unspecified atom stereocenters. The third-order valence-corrected chi connectivity index (χ3v) is 5.28. The van der Waals surface area contributed by atoms with E-state index in [-0.39, 0.29) is 5.91 Å². The van der Waals surface area contributed by atoms with Crippen LogP contribution in [0.15, 0.2) is 60.7 Å². The van der Waals surface area contributed by atoms with Crippen LogP contribution in [0.4, 0.5) is 11.4 Å². The lowest BCUT2D eigenvalue weighted by atomic mass is 10.0. The average molecular weight is 420 g/mol. The van der Waals surface area contributed by atoms with E-state index in [9.17, 15) is 19.5 Å². The van der Waals surface area contributed by atoms with E-state index in [1.807, 2.05) is 0 Å². The first-order valence-electron chi connectivity index (χ1n) is 10.3. The molecule has 1 heterocycles. The molecule has 2 amide bonds. The normalized spacial score (nSPS) is 14.2. The zero-order valence-corrected chi connectivity index (χ0v) is 17.7. The number of amides is 2. The second-order valence-electron chi connectivity index (χ2n) is 7.71. The minimum absolute atomic E-state index is 0.172. The molecule has 7 nitrogen and oxygen atoms in total. The molecular formula is C24H26N3O4-. The fraction of sp³-hybridized carbons (Fsp3) is 0.292. The third-order valence-electron chi connectivity index (χ3n) is 5.28. The first-order chi connectivity index (χ1) is 14.8. The lowest BCUT2D eigenvalue weighted by molar-refractivity contribution is -0.297. The monoisotopic (exact) mass is 420 g/mol. The molecule has 1 aliphatic rings. The highest BCUT2D eigenvalue weighted by Gasteiger charge is 2.24. The van der Waals surface area contributed by atoms with E-state index in [0.717, 1.165) is 24.9 Å². The number of para-hydroxylation sites is 1. The van der Waals surface area contributed by atoms with Crippen LogP contribution in [0, 0.1) is 0 Å². The quantitative estimate of drug-likeness (QED) is 0.722. The first-order valence-corrected chi connectivity index (χ1v) is 10.3. The zero-order valence-electron chi connectivity index (χ0n) is 17.7. The van der Waals surface area contributed by atoms with Gasteiger partial charge in [-0.05, 0) is 41.8 Å². The van der Waals surface area contributed by atoms with E-state index in [4.69, 9.17) is 0 Å². The van der Waals surface area contributed by atoms with Crippen LogP contribution in [0.5, 0.6) is 0 Å². The van der Waals surface area contributed by atoms with Crippen molar-refractivity contribution in [2.24, 2.45) is 0 Å². The van der Waals surface area contributed by atoms with Crippen molar-refractivity contribution in [1.82, 2.24) is 4.90 Å². The van der Waals surface area contributed by atoms with E-state index in [1.165, 1.54) is 5.56 Å². The molecule has 1 fully saturated rings. The molecule has 2 aromatic carbocycles. The van der Waals surface area contributed by atoms with Crippen LogP contribution >= 0.6 is 0 Å². The molecule has 2 aromatic rings. The molecule has 1 saturated heterocycles. The number of benzene rings is 2. The smallest absolute Gasteiger partial charge is 0.256 e. The number of carbonyl (C=O) groups excluding carboxylic acids is 3. The van der Waals surface area contributed by atoms with Gasteiger partial charge in [-0.25, -0.2) is 0 Å². The summed E-state index contributed by atoms with van der Waals surface area (Å²) in [5.74, 6) is -1.79.